The summed E-state index contributed by atoms with van der Waals surface area (Å²) in [4.78, 5) is 37.1. The lowest BCUT2D eigenvalue weighted by Crippen LogP contribution is -2.14. The molecule has 0 saturated carbocycles. The van der Waals surface area contributed by atoms with Crippen LogP contribution in [0.15, 0.2) is 12.3 Å². The van der Waals surface area contributed by atoms with E-state index in [-0.39, 0.29) is 24.0 Å². The second kappa shape index (κ2) is 8.29. The number of carbonyl (C=O) groups is 3. The van der Waals surface area contributed by atoms with Crippen LogP contribution in [-0.4, -0.2) is 44.3 Å². The maximum absolute atomic E-state index is 11.3. The Kier molecular flexibility index (Phi) is 6.41. The summed E-state index contributed by atoms with van der Waals surface area (Å²) in [6, 6.07) is 1.03. The fourth-order valence-electron chi connectivity index (χ4n) is 1.11. The third-order valence-electron chi connectivity index (χ3n) is 1.98. The molecule has 1 rings (SSSR count). The van der Waals surface area contributed by atoms with Gasteiger partial charge in [0, 0.05) is 6.07 Å². The fraction of sp³-hybridized carbons (Fsp3) is 0.333. The minimum Gasteiger partial charge on any atom is -0.437 e. The highest BCUT2D eigenvalue weighted by atomic mass is 16.7. The first-order chi connectivity index (χ1) is 10.5. The van der Waals surface area contributed by atoms with Gasteiger partial charge in [-0.3, -0.25) is 0 Å². The van der Waals surface area contributed by atoms with E-state index in [1.54, 1.807) is 6.92 Å². The molecule has 10 nitrogen and oxygen atoms in total. The fourth-order valence-corrected chi connectivity index (χ4v) is 1.11. The highest BCUT2D eigenvalue weighted by Gasteiger charge is 2.18. The molecule has 0 aliphatic carbocycles. The van der Waals surface area contributed by atoms with Crippen molar-refractivity contribution < 1.29 is 42.8 Å². The lowest BCUT2D eigenvalue weighted by atomic mass is 10.4. The van der Waals surface area contributed by atoms with E-state index >= 15 is 0 Å². The summed E-state index contributed by atoms with van der Waals surface area (Å²) in [7, 11) is 2.19. The van der Waals surface area contributed by atoms with Crippen LogP contribution < -0.4 is 14.2 Å². The van der Waals surface area contributed by atoms with E-state index in [2.05, 4.69) is 23.9 Å². The van der Waals surface area contributed by atoms with Crippen LogP contribution in [0.4, 0.5) is 14.4 Å². The highest BCUT2D eigenvalue weighted by molar-refractivity contribution is 5.69. The van der Waals surface area contributed by atoms with Gasteiger partial charge in [-0.1, -0.05) is 0 Å². The summed E-state index contributed by atoms with van der Waals surface area (Å²) in [5.41, 5.74) is 0. The molecule has 0 fully saturated rings. The maximum atomic E-state index is 11.3. The van der Waals surface area contributed by atoms with Crippen molar-refractivity contribution in [3.8, 4) is 17.4 Å². The number of aromatic nitrogens is 1. The standard InChI is InChI=1S/C12H13NO9/c1-4-19-12(16)21-8-6-13-9(22-11(15)18-3)5-7(8)20-10(14)17-2/h5-6H,4H2,1-3H3. The van der Waals surface area contributed by atoms with E-state index in [0.29, 0.717) is 0 Å². The van der Waals surface area contributed by atoms with Crippen LogP contribution in [0.2, 0.25) is 0 Å². The summed E-state index contributed by atoms with van der Waals surface area (Å²) in [6.07, 6.45) is -2.15. The van der Waals surface area contributed by atoms with Gasteiger partial charge in [-0.05, 0) is 6.92 Å². The average Bonchev–Trinajstić information content (AvgIpc) is 2.49. The van der Waals surface area contributed by atoms with Crippen molar-refractivity contribution >= 4 is 18.5 Å². The zero-order chi connectivity index (χ0) is 16.5. The minimum atomic E-state index is -1.08. The first-order valence-corrected chi connectivity index (χ1v) is 5.86. The Labute approximate surface area is 124 Å². The van der Waals surface area contributed by atoms with Crippen LogP contribution in [0.3, 0.4) is 0 Å². The molecule has 1 aromatic rings. The number of carbonyl (C=O) groups excluding carboxylic acids is 3. The van der Waals surface area contributed by atoms with Crippen molar-refractivity contribution in [2.24, 2.45) is 0 Å². The molecule has 0 radical (unpaired) electrons. The van der Waals surface area contributed by atoms with E-state index in [1.165, 1.54) is 0 Å². The molecule has 10 heteroatoms. The van der Waals surface area contributed by atoms with Gasteiger partial charge in [0.25, 0.3) is 0 Å². The Morgan fingerprint density at radius 2 is 1.55 bits per heavy atom. The number of pyridine rings is 1. The zero-order valence-electron chi connectivity index (χ0n) is 12.0. The molecule has 0 unspecified atom stereocenters. The monoisotopic (exact) mass is 315 g/mol. The highest BCUT2D eigenvalue weighted by Crippen LogP contribution is 2.30. The van der Waals surface area contributed by atoms with Gasteiger partial charge in [0.05, 0.1) is 27.0 Å². The van der Waals surface area contributed by atoms with Gasteiger partial charge in [0.1, 0.15) is 0 Å². The molecule has 120 valence electrons. The van der Waals surface area contributed by atoms with Crippen molar-refractivity contribution in [3.05, 3.63) is 12.3 Å². The topological polar surface area (TPSA) is 119 Å². The maximum Gasteiger partial charge on any atom is 0.514 e. The first-order valence-electron chi connectivity index (χ1n) is 5.86. The SMILES string of the molecule is CCOC(=O)Oc1cnc(OC(=O)OC)cc1OC(=O)OC. The first kappa shape index (κ1) is 17.0. The van der Waals surface area contributed by atoms with Crippen LogP contribution in [0, 0.1) is 0 Å². The number of hydrogen-bond acceptors (Lipinski definition) is 10. The Bertz CT molecular complexity index is 558. The van der Waals surface area contributed by atoms with Crippen LogP contribution in [0.5, 0.6) is 17.4 Å². The van der Waals surface area contributed by atoms with Gasteiger partial charge in [-0.2, -0.15) is 0 Å². The van der Waals surface area contributed by atoms with Crippen LogP contribution in [0.25, 0.3) is 0 Å². The van der Waals surface area contributed by atoms with Crippen molar-refractivity contribution in [3.63, 3.8) is 0 Å². The summed E-state index contributed by atoms with van der Waals surface area (Å²) in [5.74, 6) is -0.753. The van der Waals surface area contributed by atoms with E-state index < -0.39 is 18.5 Å². The molecule has 22 heavy (non-hydrogen) atoms. The molecule has 0 aliphatic heterocycles. The zero-order valence-corrected chi connectivity index (χ0v) is 12.0. The molecule has 0 saturated heterocycles. The molecule has 0 atom stereocenters. The molecule has 0 N–H and O–H groups in total. The van der Waals surface area contributed by atoms with E-state index in [4.69, 9.17) is 9.47 Å². The lowest BCUT2D eigenvalue weighted by molar-refractivity contribution is 0.0983. The molecular formula is C12H13NO9. The Hall–Kier alpha value is -3.04. The van der Waals surface area contributed by atoms with Gasteiger partial charge < -0.3 is 28.4 Å². The van der Waals surface area contributed by atoms with Gasteiger partial charge in [0.15, 0.2) is 11.5 Å². The second-order valence-corrected chi connectivity index (χ2v) is 3.37. The van der Waals surface area contributed by atoms with Gasteiger partial charge >= 0.3 is 18.5 Å². The normalized spacial score (nSPS) is 9.41. The summed E-state index contributed by atoms with van der Waals surface area (Å²) in [5, 5.41) is 0. The van der Waals surface area contributed by atoms with E-state index in [0.717, 1.165) is 26.5 Å². The van der Waals surface area contributed by atoms with Crippen LogP contribution >= 0.6 is 0 Å². The Morgan fingerprint density at radius 1 is 0.955 bits per heavy atom. The molecule has 0 aliphatic rings. The van der Waals surface area contributed by atoms with E-state index in [9.17, 15) is 14.4 Å². The van der Waals surface area contributed by atoms with Gasteiger partial charge in [-0.25, -0.2) is 19.4 Å². The Morgan fingerprint density at radius 3 is 2.14 bits per heavy atom. The summed E-state index contributed by atoms with van der Waals surface area (Å²) < 4.78 is 27.4. The molecular weight excluding hydrogens is 302 g/mol. The van der Waals surface area contributed by atoms with Crippen LogP contribution in [-0.2, 0) is 14.2 Å². The third-order valence-corrected chi connectivity index (χ3v) is 1.98. The Balaban J connectivity index is 3.00. The predicted octanol–water partition coefficient (Wildman–Crippen LogP) is 1.91. The van der Waals surface area contributed by atoms with Gasteiger partial charge in [0.2, 0.25) is 5.88 Å². The molecule has 0 spiro atoms. The molecule has 0 aromatic carbocycles. The second-order valence-electron chi connectivity index (χ2n) is 3.37. The molecule has 1 aromatic heterocycles. The van der Waals surface area contributed by atoms with Crippen molar-refractivity contribution in [2.75, 3.05) is 20.8 Å². The molecule has 0 bridgehead atoms. The van der Waals surface area contributed by atoms with Crippen LogP contribution in [0.1, 0.15) is 6.92 Å². The number of hydrogen-bond donors (Lipinski definition) is 0. The largest absolute Gasteiger partial charge is 0.514 e. The van der Waals surface area contributed by atoms with E-state index in [1.807, 2.05) is 0 Å². The summed E-state index contributed by atoms with van der Waals surface area (Å²) >= 11 is 0. The molecule has 1 heterocycles. The number of ether oxygens (including phenoxy) is 6. The average molecular weight is 315 g/mol. The van der Waals surface area contributed by atoms with Crippen molar-refractivity contribution in [1.82, 2.24) is 4.98 Å². The predicted molar refractivity (Wildman–Crippen MR) is 68.0 cm³/mol. The summed E-state index contributed by atoms with van der Waals surface area (Å²) in [6.45, 7) is 1.67. The molecule has 0 amide bonds. The minimum absolute atomic E-state index is 0.0863. The van der Waals surface area contributed by atoms with Crippen molar-refractivity contribution in [2.45, 2.75) is 6.92 Å². The lowest BCUT2D eigenvalue weighted by Gasteiger charge is -2.10. The number of rotatable bonds is 4. The third kappa shape index (κ3) is 5.15. The quantitative estimate of drug-likeness (QED) is 0.601. The van der Waals surface area contributed by atoms with Crippen molar-refractivity contribution in [1.29, 1.82) is 0 Å². The smallest absolute Gasteiger partial charge is 0.437 e. The number of nitrogens with zero attached hydrogens (tertiary/aromatic N) is 1. The van der Waals surface area contributed by atoms with Gasteiger partial charge in [-0.15, -0.1) is 0 Å². The number of methoxy groups -OCH3 is 2.